The summed E-state index contributed by atoms with van der Waals surface area (Å²) in [5, 5.41) is 3.62. The second-order valence-corrected chi connectivity index (χ2v) is 5.62. The van der Waals surface area contributed by atoms with Crippen molar-refractivity contribution in [3.8, 4) is 0 Å². The minimum absolute atomic E-state index is 0.0259. The normalized spacial score (nSPS) is 24.7. The van der Waals surface area contributed by atoms with Gasteiger partial charge in [0, 0.05) is 6.04 Å². The van der Waals surface area contributed by atoms with Gasteiger partial charge in [-0.15, -0.1) is 0 Å². The van der Waals surface area contributed by atoms with Crippen molar-refractivity contribution in [3.63, 3.8) is 0 Å². The number of halogens is 1. The summed E-state index contributed by atoms with van der Waals surface area (Å²) in [6.45, 7) is 3.40. The first-order chi connectivity index (χ1) is 8.25. The number of fused-ring (bicyclic) bond motifs is 1. The smallest absolute Gasteiger partial charge is 0.126 e. The summed E-state index contributed by atoms with van der Waals surface area (Å²) in [7, 11) is 0. The van der Waals surface area contributed by atoms with Crippen LogP contribution in [0.25, 0.3) is 0 Å². The predicted molar refractivity (Wildman–Crippen MR) is 67.4 cm³/mol. The Labute approximate surface area is 102 Å². The van der Waals surface area contributed by atoms with E-state index < -0.39 is 0 Å². The summed E-state index contributed by atoms with van der Waals surface area (Å²) in [6.07, 6.45) is 4.74. The minimum atomic E-state index is -0.0259. The molecule has 1 aromatic carbocycles. The van der Waals surface area contributed by atoms with Gasteiger partial charge < -0.3 is 5.32 Å². The molecule has 1 nitrogen and oxygen atoms in total. The average Bonchev–Trinajstić information content (AvgIpc) is 3.08. The Bertz CT molecular complexity index is 411. The largest absolute Gasteiger partial charge is 0.310 e. The van der Waals surface area contributed by atoms with Gasteiger partial charge in [0.1, 0.15) is 5.82 Å². The summed E-state index contributed by atoms with van der Waals surface area (Å²) in [4.78, 5) is 0. The molecule has 2 atom stereocenters. The molecule has 17 heavy (non-hydrogen) atoms. The van der Waals surface area contributed by atoms with Gasteiger partial charge in [0.05, 0.1) is 0 Å². The predicted octanol–water partition coefficient (Wildman–Crippen LogP) is 3.45. The third-order valence-corrected chi connectivity index (χ3v) is 4.33. The van der Waals surface area contributed by atoms with E-state index in [2.05, 4.69) is 18.3 Å². The molecule has 1 N–H and O–H groups in total. The Morgan fingerprint density at radius 2 is 2.18 bits per heavy atom. The van der Waals surface area contributed by atoms with Crippen LogP contribution in [0.2, 0.25) is 0 Å². The van der Waals surface area contributed by atoms with E-state index in [9.17, 15) is 4.39 Å². The fraction of sp³-hybridized carbons (Fsp3) is 0.600. The fourth-order valence-corrected chi connectivity index (χ4v) is 2.98. The first-order valence-corrected chi connectivity index (χ1v) is 6.76. The first kappa shape index (κ1) is 11.2. The van der Waals surface area contributed by atoms with Gasteiger partial charge >= 0.3 is 0 Å². The zero-order chi connectivity index (χ0) is 11.8. The molecule has 0 bridgehead atoms. The summed E-state index contributed by atoms with van der Waals surface area (Å²) >= 11 is 0. The van der Waals surface area contributed by atoms with Crippen molar-refractivity contribution < 1.29 is 4.39 Å². The van der Waals surface area contributed by atoms with Crippen LogP contribution in [0.15, 0.2) is 18.2 Å². The van der Waals surface area contributed by atoms with Gasteiger partial charge in [0.15, 0.2) is 0 Å². The van der Waals surface area contributed by atoms with E-state index in [1.165, 1.54) is 18.4 Å². The Morgan fingerprint density at radius 3 is 2.94 bits per heavy atom. The third-order valence-electron chi connectivity index (χ3n) is 4.33. The topological polar surface area (TPSA) is 12.0 Å². The van der Waals surface area contributed by atoms with Crippen LogP contribution < -0.4 is 5.32 Å². The SMILES string of the molecule is CC(CNC1CCc2c(F)cccc21)C1CC1. The van der Waals surface area contributed by atoms with E-state index in [0.717, 1.165) is 36.8 Å². The van der Waals surface area contributed by atoms with Crippen molar-refractivity contribution in [3.05, 3.63) is 35.1 Å². The number of hydrogen-bond donors (Lipinski definition) is 1. The molecular weight excluding hydrogens is 213 g/mol. The van der Waals surface area contributed by atoms with Gasteiger partial charge in [0.25, 0.3) is 0 Å². The first-order valence-electron chi connectivity index (χ1n) is 6.76. The average molecular weight is 233 g/mol. The van der Waals surface area contributed by atoms with E-state index in [-0.39, 0.29) is 5.82 Å². The maximum Gasteiger partial charge on any atom is 0.126 e. The van der Waals surface area contributed by atoms with Gasteiger partial charge in [0.2, 0.25) is 0 Å². The highest BCUT2D eigenvalue weighted by molar-refractivity contribution is 5.35. The van der Waals surface area contributed by atoms with Gasteiger partial charge in [-0.2, -0.15) is 0 Å². The van der Waals surface area contributed by atoms with Crippen LogP contribution in [0.5, 0.6) is 0 Å². The second kappa shape index (κ2) is 4.41. The second-order valence-electron chi connectivity index (χ2n) is 5.62. The molecule has 0 amide bonds. The molecule has 1 aromatic rings. The van der Waals surface area contributed by atoms with E-state index in [4.69, 9.17) is 0 Å². The van der Waals surface area contributed by atoms with Crippen LogP contribution in [0, 0.1) is 17.7 Å². The fourth-order valence-electron chi connectivity index (χ4n) is 2.98. The highest BCUT2D eigenvalue weighted by atomic mass is 19.1. The van der Waals surface area contributed by atoms with Crippen molar-refractivity contribution in [2.24, 2.45) is 11.8 Å². The minimum Gasteiger partial charge on any atom is -0.310 e. The molecule has 92 valence electrons. The summed E-state index contributed by atoms with van der Waals surface area (Å²) in [5.74, 6) is 1.69. The third kappa shape index (κ3) is 2.23. The molecule has 2 aliphatic carbocycles. The lowest BCUT2D eigenvalue weighted by atomic mass is 10.0. The summed E-state index contributed by atoms with van der Waals surface area (Å²) in [5.41, 5.74) is 2.12. The van der Waals surface area contributed by atoms with Crippen LogP contribution in [0.3, 0.4) is 0 Å². The Morgan fingerprint density at radius 1 is 1.35 bits per heavy atom. The standard InChI is InChI=1S/C15H20FN/c1-10(11-5-6-11)9-17-15-8-7-12-13(15)3-2-4-14(12)16/h2-4,10-11,15,17H,5-9H2,1H3. The molecular formula is C15H20FN. The molecule has 0 aromatic heterocycles. The Hall–Kier alpha value is -0.890. The number of nitrogens with one attached hydrogen (secondary N) is 1. The molecule has 0 heterocycles. The molecule has 1 fully saturated rings. The lowest BCUT2D eigenvalue weighted by molar-refractivity contribution is 0.418. The number of rotatable bonds is 4. The van der Waals surface area contributed by atoms with Gasteiger partial charge in [-0.05, 0) is 61.3 Å². The Balaban J connectivity index is 1.65. The molecule has 2 aliphatic rings. The zero-order valence-corrected chi connectivity index (χ0v) is 10.4. The van der Waals surface area contributed by atoms with Crippen LogP contribution in [-0.4, -0.2) is 6.54 Å². The van der Waals surface area contributed by atoms with Crippen molar-refractivity contribution in [2.75, 3.05) is 6.54 Å². The maximum absolute atomic E-state index is 13.6. The molecule has 0 spiro atoms. The quantitative estimate of drug-likeness (QED) is 0.840. The Kier molecular flexibility index (Phi) is 2.91. The zero-order valence-electron chi connectivity index (χ0n) is 10.4. The summed E-state index contributed by atoms with van der Waals surface area (Å²) < 4.78 is 13.6. The van der Waals surface area contributed by atoms with Crippen LogP contribution in [0.4, 0.5) is 4.39 Å². The molecule has 0 radical (unpaired) electrons. The van der Waals surface area contributed by atoms with Crippen molar-refractivity contribution in [1.29, 1.82) is 0 Å². The van der Waals surface area contributed by atoms with Crippen molar-refractivity contribution in [1.82, 2.24) is 5.32 Å². The van der Waals surface area contributed by atoms with Gasteiger partial charge in [-0.3, -0.25) is 0 Å². The van der Waals surface area contributed by atoms with E-state index in [1.807, 2.05) is 6.07 Å². The van der Waals surface area contributed by atoms with E-state index in [1.54, 1.807) is 6.07 Å². The van der Waals surface area contributed by atoms with Gasteiger partial charge in [-0.25, -0.2) is 4.39 Å². The highest BCUT2D eigenvalue weighted by Gasteiger charge is 2.29. The lowest BCUT2D eigenvalue weighted by Gasteiger charge is -2.17. The van der Waals surface area contributed by atoms with Crippen LogP contribution in [0.1, 0.15) is 43.4 Å². The molecule has 3 rings (SSSR count). The molecule has 0 aliphatic heterocycles. The number of benzene rings is 1. The van der Waals surface area contributed by atoms with Crippen molar-refractivity contribution >= 4 is 0 Å². The molecule has 2 heteroatoms. The maximum atomic E-state index is 13.6. The van der Waals surface area contributed by atoms with Crippen LogP contribution in [-0.2, 0) is 6.42 Å². The highest BCUT2D eigenvalue weighted by Crippen LogP contribution is 2.37. The molecule has 1 saturated carbocycles. The molecule has 2 unspecified atom stereocenters. The number of hydrogen-bond acceptors (Lipinski definition) is 1. The van der Waals surface area contributed by atoms with Crippen LogP contribution >= 0.6 is 0 Å². The monoisotopic (exact) mass is 233 g/mol. The van der Waals surface area contributed by atoms with Crippen molar-refractivity contribution in [2.45, 2.75) is 38.6 Å². The van der Waals surface area contributed by atoms with E-state index >= 15 is 0 Å². The van der Waals surface area contributed by atoms with Gasteiger partial charge in [-0.1, -0.05) is 19.1 Å². The summed E-state index contributed by atoms with van der Waals surface area (Å²) in [6, 6.07) is 5.86. The molecule has 0 saturated heterocycles. The van der Waals surface area contributed by atoms with E-state index in [0.29, 0.717) is 6.04 Å². The lowest BCUT2D eigenvalue weighted by Crippen LogP contribution is -2.25.